The lowest BCUT2D eigenvalue weighted by atomic mass is 9.85. The standard InChI is InChI=1S/C27H38FN3OS2/c1-4-5-6-7-8-19-34-23-12-10-22(11-13-23)30-26(32)24-20-21(9-14-25(24)31(2)33-3)27(28)15-17-29-18-16-27/h9-14,20,29H,4-8,15-19H2,1-3H3,(H,30,32). The number of thioether (sulfide) groups is 1. The van der Waals surface area contributed by atoms with Crippen molar-refractivity contribution in [1.82, 2.24) is 5.32 Å². The predicted octanol–water partition coefficient (Wildman–Crippen LogP) is 7.26. The summed E-state index contributed by atoms with van der Waals surface area (Å²) < 4.78 is 17.6. The topological polar surface area (TPSA) is 44.4 Å². The summed E-state index contributed by atoms with van der Waals surface area (Å²) in [4.78, 5) is 14.5. The van der Waals surface area contributed by atoms with Gasteiger partial charge in [-0.15, -0.1) is 11.8 Å². The number of unbranched alkanes of at least 4 members (excludes halogenated alkanes) is 4. The van der Waals surface area contributed by atoms with Crippen molar-refractivity contribution in [1.29, 1.82) is 0 Å². The molecule has 3 rings (SSSR count). The van der Waals surface area contributed by atoms with Gasteiger partial charge in [0.1, 0.15) is 5.67 Å². The summed E-state index contributed by atoms with van der Waals surface area (Å²) in [7, 11) is 1.92. The number of hydrogen-bond acceptors (Lipinski definition) is 5. The van der Waals surface area contributed by atoms with E-state index in [1.54, 1.807) is 6.07 Å². The van der Waals surface area contributed by atoms with Crippen LogP contribution in [0.15, 0.2) is 47.4 Å². The van der Waals surface area contributed by atoms with Crippen LogP contribution in [0, 0.1) is 0 Å². The number of nitrogens with zero attached hydrogens (tertiary/aromatic N) is 1. The molecule has 4 nitrogen and oxygen atoms in total. The average Bonchev–Trinajstić information content (AvgIpc) is 2.86. The Morgan fingerprint density at radius 3 is 2.47 bits per heavy atom. The molecule has 1 amide bonds. The summed E-state index contributed by atoms with van der Waals surface area (Å²) in [6.45, 7) is 3.53. The number of hydrogen-bond donors (Lipinski definition) is 2. The summed E-state index contributed by atoms with van der Waals surface area (Å²) >= 11 is 3.38. The minimum Gasteiger partial charge on any atom is -0.322 e. The second-order valence-electron chi connectivity index (χ2n) is 8.87. The van der Waals surface area contributed by atoms with Crippen molar-refractivity contribution >= 4 is 41.0 Å². The molecule has 34 heavy (non-hydrogen) atoms. The van der Waals surface area contributed by atoms with Gasteiger partial charge in [-0.25, -0.2) is 4.39 Å². The Morgan fingerprint density at radius 1 is 1.09 bits per heavy atom. The molecule has 1 aliphatic rings. The highest BCUT2D eigenvalue weighted by Crippen LogP contribution is 2.38. The molecular weight excluding hydrogens is 465 g/mol. The molecule has 0 spiro atoms. The molecule has 7 heteroatoms. The van der Waals surface area contributed by atoms with Gasteiger partial charge in [0.15, 0.2) is 0 Å². The van der Waals surface area contributed by atoms with Crippen LogP contribution in [0.25, 0.3) is 0 Å². The lowest BCUT2D eigenvalue weighted by molar-refractivity contribution is 0.102. The molecular formula is C27H38FN3OS2. The smallest absolute Gasteiger partial charge is 0.257 e. The maximum absolute atomic E-state index is 15.6. The van der Waals surface area contributed by atoms with Crippen LogP contribution in [0.2, 0.25) is 0 Å². The maximum atomic E-state index is 15.6. The first-order valence-electron chi connectivity index (χ1n) is 12.3. The molecule has 0 bridgehead atoms. The van der Waals surface area contributed by atoms with E-state index in [9.17, 15) is 4.79 Å². The van der Waals surface area contributed by atoms with Gasteiger partial charge in [-0.05, 0) is 80.1 Å². The molecule has 186 valence electrons. The first kappa shape index (κ1) is 26.9. The minimum absolute atomic E-state index is 0.216. The maximum Gasteiger partial charge on any atom is 0.257 e. The van der Waals surface area contributed by atoms with E-state index in [0.29, 0.717) is 37.1 Å². The van der Waals surface area contributed by atoms with Gasteiger partial charge in [0.05, 0.1) is 11.3 Å². The van der Waals surface area contributed by atoms with Crippen LogP contribution >= 0.6 is 23.7 Å². The zero-order valence-corrected chi connectivity index (χ0v) is 22.3. The first-order chi connectivity index (χ1) is 16.5. The van der Waals surface area contributed by atoms with Gasteiger partial charge in [0, 0.05) is 23.9 Å². The highest BCUT2D eigenvalue weighted by Gasteiger charge is 2.34. The minimum atomic E-state index is -1.40. The van der Waals surface area contributed by atoms with Crippen molar-refractivity contribution in [3.63, 3.8) is 0 Å². The van der Waals surface area contributed by atoms with Crippen molar-refractivity contribution < 1.29 is 9.18 Å². The number of carbonyl (C=O) groups excluding carboxylic acids is 1. The fraction of sp³-hybridized carbons (Fsp3) is 0.519. The second kappa shape index (κ2) is 13.4. The number of halogens is 1. The van der Waals surface area contributed by atoms with Crippen LogP contribution in [0.4, 0.5) is 15.8 Å². The van der Waals surface area contributed by atoms with Crippen LogP contribution in [-0.4, -0.2) is 38.1 Å². The number of carbonyl (C=O) groups is 1. The van der Waals surface area contributed by atoms with Crippen molar-refractivity contribution in [2.75, 3.05) is 41.8 Å². The summed E-state index contributed by atoms with van der Waals surface area (Å²) in [6.07, 6.45) is 9.23. The zero-order chi connectivity index (χ0) is 24.4. The number of benzene rings is 2. The van der Waals surface area contributed by atoms with Crippen LogP contribution in [-0.2, 0) is 5.67 Å². The second-order valence-corrected chi connectivity index (χ2v) is 10.9. The monoisotopic (exact) mass is 503 g/mol. The molecule has 0 unspecified atom stereocenters. The molecule has 2 aromatic carbocycles. The van der Waals surface area contributed by atoms with E-state index < -0.39 is 5.67 Å². The molecule has 2 aromatic rings. The third-order valence-corrected chi connectivity index (χ3v) is 8.24. The Hall–Kier alpha value is -1.70. The van der Waals surface area contributed by atoms with Crippen LogP contribution in [0.1, 0.15) is 67.8 Å². The van der Waals surface area contributed by atoms with Gasteiger partial charge < -0.3 is 14.9 Å². The van der Waals surface area contributed by atoms with E-state index in [1.807, 2.05) is 53.6 Å². The molecule has 0 aliphatic carbocycles. The quantitative estimate of drug-likeness (QED) is 0.181. The lowest BCUT2D eigenvalue weighted by Crippen LogP contribution is -2.37. The third-order valence-electron chi connectivity index (χ3n) is 6.40. The highest BCUT2D eigenvalue weighted by molar-refractivity contribution is 8.00. The molecule has 1 fully saturated rings. The van der Waals surface area contributed by atoms with Gasteiger partial charge in [0.25, 0.3) is 5.91 Å². The fourth-order valence-electron chi connectivity index (χ4n) is 4.21. The summed E-state index contributed by atoms with van der Waals surface area (Å²) in [6, 6.07) is 13.5. The summed E-state index contributed by atoms with van der Waals surface area (Å²) in [5, 5.41) is 6.23. The number of alkyl halides is 1. The van der Waals surface area contributed by atoms with E-state index in [0.717, 1.165) is 17.1 Å². The van der Waals surface area contributed by atoms with Crippen LogP contribution in [0.3, 0.4) is 0 Å². The van der Waals surface area contributed by atoms with E-state index in [4.69, 9.17) is 0 Å². The predicted molar refractivity (Wildman–Crippen MR) is 147 cm³/mol. The Balaban J connectivity index is 1.68. The molecule has 0 radical (unpaired) electrons. The summed E-state index contributed by atoms with van der Waals surface area (Å²) in [5.74, 6) is 0.902. The molecule has 1 heterocycles. The van der Waals surface area contributed by atoms with Crippen LogP contribution in [0.5, 0.6) is 0 Å². The molecule has 0 atom stereocenters. The van der Waals surface area contributed by atoms with Gasteiger partial charge in [-0.2, -0.15) is 0 Å². The largest absolute Gasteiger partial charge is 0.322 e. The molecule has 1 aliphatic heterocycles. The Morgan fingerprint density at radius 2 is 1.79 bits per heavy atom. The number of rotatable bonds is 12. The van der Waals surface area contributed by atoms with Gasteiger partial charge in [-0.1, -0.05) is 50.6 Å². The number of amides is 1. The summed E-state index contributed by atoms with van der Waals surface area (Å²) in [5.41, 5.74) is 1.21. The van der Waals surface area contributed by atoms with Crippen molar-refractivity contribution in [2.24, 2.45) is 0 Å². The van der Waals surface area contributed by atoms with Gasteiger partial charge in [0.2, 0.25) is 0 Å². The molecule has 0 aromatic heterocycles. The third kappa shape index (κ3) is 7.40. The lowest BCUT2D eigenvalue weighted by Gasteiger charge is -2.31. The van der Waals surface area contributed by atoms with Crippen molar-refractivity contribution in [2.45, 2.75) is 62.4 Å². The van der Waals surface area contributed by atoms with Crippen molar-refractivity contribution in [3.8, 4) is 0 Å². The highest BCUT2D eigenvalue weighted by atomic mass is 32.2. The van der Waals surface area contributed by atoms with Crippen LogP contribution < -0.4 is 14.9 Å². The Bertz CT molecular complexity index is 917. The zero-order valence-electron chi connectivity index (χ0n) is 20.7. The number of piperidine rings is 1. The van der Waals surface area contributed by atoms with Gasteiger partial charge >= 0.3 is 0 Å². The van der Waals surface area contributed by atoms with E-state index in [-0.39, 0.29) is 5.91 Å². The number of nitrogens with one attached hydrogen (secondary N) is 2. The Kier molecular flexibility index (Phi) is 10.6. The number of anilines is 2. The first-order valence-corrected chi connectivity index (χ1v) is 14.5. The van der Waals surface area contributed by atoms with E-state index in [2.05, 4.69) is 29.7 Å². The Labute approximate surface area is 213 Å². The van der Waals surface area contributed by atoms with E-state index >= 15 is 4.39 Å². The fourth-order valence-corrected chi connectivity index (χ4v) is 5.48. The molecule has 0 saturated carbocycles. The van der Waals surface area contributed by atoms with Crippen molar-refractivity contribution in [3.05, 3.63) is 53.6 Å². The SMILES string of the molecule is CCCCCCCSc1ccc(NC(=O)c2cc(C3(F)CCNCC3)ccc2N(C)SC)cc1. The molecule has 2 N–H and O–H groups in total. The molecule has 1 saturated heterocycles. The average molecular weight is 504 g/mol. The van der Waals surface area contributed by atoms with Gasteiger partial charge in [-0.3, -0.25) is 4.79 Å². The van der Waals surface area contributed by atoms with E-state index in [1.165, 1.54) is 48.9 Å². The normalized spacial score (nSPS) is 15.2.